The molecule has 18 heavy (non-hydrogen) atoms. The van der Waals surface area contributed by atoms with E-state index in [1.165, 1.54) is 12.1 Å². The number of cyclic esters (lactones) is 1. The highest BCUT2D eigenvalue weighted by molar-refractivity contribution is 5.78. The van der Waals surface area contributed by atoms with Crippen molar-refractivity contribution < 1.29 is 24.0 Å². The number of nitro benzene ring substituents is 1. The molecule has 7 nitrogen and oxygen atoms in total. The van der Waals surface area contributed by atoms with Crippen LogP contribution in [-0.2, 0) is 9.53 Å². The first-order valence-electron chi connectivity index (χ1n) is 5.18. The molecule has 1 fully saturated rings. The van der Waals surface area contributed by atoms with Crippen LogP contribution in [0, 0.1) is 10.1 Å². The SMILES string of the molecule is O=Cc1ccc(OC2CCOC2=O)c([N+](=O)[O-])c1. The number of benzene rings is 1. The maximum Gasteiger partial charge on any atom is 0.347 e. The van der Waals surface area contributed by atoms with Gasteiger partial charge in [-0.2, -0.15) is 0 Å². The fraction of sp³-hybridized carbons (Fsp3) is 0.273. The van der Waals surface area contributed by atoms with Crippen molar-refractivity contribution in [2.24, 2.45) is 0 Å². The minimum Gasteiger partial charge on any atom is -0.471 e. The van der Waals surface area contributed by atoms with Crippen molar-refractivity contribution in [3.05, 3.63) is 33.9 Å². The maximum atomic E-state index is 11.2. The molecule has 0 amide bonds. The standard InChI is InChI=1S/C11H9NO6/c13-6-7-1-2-9(8(5-7)12(15)16)18-10-3-4-17-11(10)14/h1-2,5-6,10H,3-4H2. The number of rotatable bonds is 4. The summed E-state index contributed by atoms with van der Waals surface area (Å²) in [6.45, 7) is 0.240. The zero-order chi connectivity index (χ0) is 13.1. The average Bonchev–Trinajstić information content (AvgIpc) is 2.75. The predicted molar refractivity (Wildman–Crippen MR) is 58.5 cm³/mol. The van der Waals surface area contributed by atoms with Gasteiger partial charge in [0.15, 0.2) is 11.9 Å². The summed E-state index contributed by atoms with van der Waals surface area (Å²) in [4.78, 5) is 31.9. The van der Waals surface area contributed by atoms with Gasteiger partial charge in [-0.1, -0.05) is 0 Å². The van der Waals surface area contributed by atoms with E-state index >= 15 is 0 Å². The van der Waals surface area contributed by atoms with Crippen LogP contribution in [-0.4, -0.2) is 29.9 Å². The number of hydrogen-bond acceptors (Lipinski definition) is 6. The minimum absolute atomic E-state index is 0.0468. The van der Waals surface area contributed by atoms with Gasteiger partial charge < -0.3 is 9.47 Å². The topological polar surface area (TPSA) is 95.7 Å². The Kier molecular flexibility index (Phi) is 3.22. The molecule has 1 unspecified atom stereocenters. The Bertz CT molecular complexity index is 512. The first-order valence-corrected chi connectivity index (χ1v) is 5.18. The van der Waals surface area contributed by atoms with Gasteiger partial charge in [0.2, 0.25) is 0 Å². The number of nitro groups is 1. The third-order valence-corrected chi connectivity index (χ3v) is 2.47. The molecule has 7 heteroatoms. The molecule has 1 aliphatic rings. The molecule has 0 bridgehead atoms. The Morgan fingerprint density at radius 1 is 1.50 bits per heavy atom. The summed E-state index contributed by atoms with van der Waals surface area (Å²) in [5, 5.41) is 10.8. The van der Waals surface area contributed by atoms with Crippen LogP contribution in [0.4, 0.5) is 5.69 Å². The molecule has 94 valence electrons. The first kappa shape index (κ1) is 12.0. The zero-order valence-electron chi connectivity index (χ0n) is 9.20. The van der Waals surface area contributed by atoms with Crippen molar-refractivity contribution in [2.45, 2.75) is 12.5 Å². The summed E-state index contributed by atoms with van der Waals surface area (Å²) < 4.78 is 9.94. The van der Waals surface area contributed by atoms with E-state index in [9.17, 15) is 19.7 Å². The lowest BCUT2D eigenvalue weighted by molar-refractivity contribution is -0.386. The molecule has 2 rings (SSSR count). The molecule has 1 atom stereocenters. The normalized spacial score (nSPS) is 18.2. The molecule has 0 N–H and O–H groups in total. The monoisotopic (exact) mass is 251 g/mol. The van der Waals surface area contributed by atoms with Gasteiger partial charge in [-0.15, -0.1) is 0 Å². The van der Waals surface area contributed by atoms with Crippen LogP contribution < -0.4 is 4.74 Å². The highest BCUT2D eigenvalue weighted by Crippen LogP contribution is 2.29. The van der Waals surface area contributed by atoms with Crippen LogP contribution >= 0.6 is 0 Å². The molecule has 1 aliphatic heterocycles. The molecular formula is C11H9NO6. The largest absolute Gasteiger partial charge is 0.471 e. The van der Waals surface area contributed by atoms with Crippen molar-refractivity contribution in [3.8, 4) is 5.75 Å². The van der Waals surface area contributed by atoms with Gasteiger partial charge in [0, 0.05) is 18.1 Å². The molecule has 1 heterocycles. The fourth-order valence-corrected chi connectivity index (χ4v) is 1.59. The van der Waals surface area contributed by atoms with Gasteiger partial charge in [0.1, 0.15) is 6.29 Å². The van der Waals surface area contributed by atoms with Crippen LogP contribution in [0.15, 0.2) is 18.2 Å². The Balaban J connectivity index is 2.29. The molecule has 1 aromatic rings. The smallest absolute Gasteiger partial charge is 0.347 e. The molecule has 0 aromatic heterocycles. The summed E-state index contributed by atoms with van der Waals surface area (Å²) >= 11 is 0. The van der Waals surface area contributed by atoms with Crippen LogP contribution in [0.5, 0.6) is 5.75 Å². The molecule has 0 aliphatic carbocycles. The molecule has 1 aromatic carbocycles. The number of aldehydes is 1. The van der Waals surface area contributed by atoms with E-state index in [0.29, 0.717) is 12.7 Å². The number of esters is 1. The van der Waals surface area contributed by atoms with E-state index in [1.54, 1.807) is 0 Å². The Morgan fingerprint density at radius 3 is 2.83 bits per heavy atom. The number of carbonyl (C=O) groups is 2. The summed E-state index contributed by atoms with van der Waals surface area (Å²) in [5.74, 6) is -0.585. The number of carbonyl (C=O) groups excluding carboxylic acids is 2. The Hall–Kier alpha value is -2.44. The van der Waals surface area contributed by atoms with Gasteiger partial charge in [-0.3, -0.25) is 14.9 Å². The third kappa shape index (κ3) is 2.29. The third-order valence-electron chi connectivity index (χ3n) is 2.47. The van der Waals surface area contributed by atoms with Crippen molar-refractivity contribution in [3.63, 3.8) is 0 Å². The van der Waals surface area contributed by atoms with Gasteiger partial charge >= 0.3 is 11.7 Å². The second-order valence-corrected chi connectivity index (χ2v) is 3.66. The van der Waals surface area contributed by atoms with Crippen LogP contribution in [0.3, 0.4) is 0 Å². The molecule has 0 spiro atoms. The summed E-state index contributed by atoms with van der Waals surface area (Å²) in [6.07, 6.45) is 0.0252. The summed E-state index contributed by atoms with van der Waals surface area (Å²) in [7, 11) is 0. The van der Waals surface area contributed by atoms with E-state index in [2.05, 4.69) is 0 Å². The Morgan fingerprint density at radius 2 is 2.28 bits per heavy atom. The first-order chi connectivity index (χ1) is 8.61. The number of nitrogens with zero attached hydrogens (tertiary/aromatic N) is 1. The lowest BCUT2D eigenvalue weighted by Gasteiger charge is -2.10. The van der Waals surface area contributed by atoms with Gasteiger partial charge in [-0.05, 0) is 12.1 Å². The molecular weight excluding hydrogens is 242 g/mol. The van der Waals surface area contributed by atoms with Gasteiger partial charge in [0.25, 0.3) is 0 Å². The lowest BCUT2D eigenvalue weighted by atomic mass is 10.2. The number of hydrogen-bond donors (Lipinski definition) is 0. The highest BCUT2D eigenvalue weighted by Gasteiger charge is 2.30. The van der Waals surface area contributed by atoms with E-state index in [4.69, 9.17) is 9.47 Å². The molecule has 1 saturated heterocycles. The van der Waals surface area contributed by atoms with Crippen LogP contribution in [0.1, 0.15) is 16.8 Å². The minimum atomic E-state index is -0.828. The van der Waals surface area contributed by atoms with Gasteiger partial charge in [-0.25, -0.2) is 4.79 Å². The van der Waals surface area contributed by atoms with E-state index in [1.807, 2.05) is 0 Å². The van der Waals surface area contributed by atoms with Crippen molar-refractivity contribution in [1.82, 2.24) is 0 Å². The van der Waals surface area contributed by atoms with Crippen LogP contribution in [0.2, 0.25) is 0 Å². The molecule has 0 saturated carbocycles. The molecule has 0 radical (unpaired) electrons. The average molecular weight is 251 g/mol. The predicted octanol–water partition coefficient (Wildman–Crippen LogP) is 1.10. The van der Waals surface area contributed by atoms with Crippen molar-refractivity contribution in [2.75, 3.05) is 6.61 Å². The van der Waals surface area contributed by atoms with Crippen LogP contribution in [0.25, 0.3) is 0 Å². The van der Waals surface area contributed by atoms with Gasteiger partial charge in [0.05, 0.1) is 11.5 Å². The summed E-state index contributed by atoms with van der Waals surface area (Å²) in [5.41, 5.74) is -0.178. The van der Waals surface area contributed by atoms with Crippen molar-refractivity contribution >= 4 is 17.9 Å². The Labute approximate surface area is 101 Å². The quantitative estimate of drug-likeness (QED) is 0.344. The van der Waals surface area contributed by atoms with E-state index < -0.39 is 17.0 Å². The van der Waals surface area contributed by atoms with Crippen molar-refractivity contribution in [1.29, 1.82) is 0 Å². The maximum absolute atomic E-state index is 11.2. The summed E-state index contributed by atoms with van der Waals surface area (Å²) in [6, 6.07) is 3.78. The lowest BCUT2D eigenvalue weighted by Crippen LogP contribution is -2.22. The second kappa shape index (κ2) is 4.82. The number of ether oxygens (including phenoxy) is 2. The highest BCUT2D eigenvalue weighted by atomic mass is 16.6. The second-order valence-electron chi connectivity index (χ2n) is 3.66. The fourth-order valence-electron chi connectivity index (χ4n) is 1.59. The van der Waals surface area contributed by atoms with E-state index in [0.717, 1.165) is 6.07 Å². The van der Waals surface area contributed by atoms with E-state index in [-0.39, 0.29) is 23.6 Å². The zero-order valence-corrected chi connectivity index (χ0v) is 9.20.